The number of nitrogens with one attached hydrogen (secondary N) is 1. The summed E-state index contributed by atoms with van der Waals surface area (Å²) in [5.41, 5.74) is 1.41. The van der Waals surface area contributed by atoms with Crippen LogP contribution in [0.4, 0.5) is 0 Å². The molecule has 1 saturated carbocycles. The molecular formula is C16H24BrNS. The first-order valence-corrected chi connectivity index (χ1v) is 9.35. The summed E-state index contributed by atoms with van der Waals surface area (Å²) < 4.78 is 1.16. The SMILES string of the molecule is CCC(NC1CCCC(SC)C1)c1ccc(Br)cc1. The summed E-state index contributed by atoms with van der Waals surface area (Å²) in [5, 5.41) is 4.73. The molecule has 106 valence electrons. The lowest BCUT2D eigenvalue weighted by Crippen LogP contribution is -2.37. The highest BCUT2D eigenvalue weighted by Crippen LogP contribution is 2.29. The lowest BCUT2D eigenvalue weighted by Gasteiger charge is -2.32. The van der Waals surface area contributed by atoms with E-state index in [9.17, 15) is 0 Å². The van der Waals surface area contributed by atoms with E-state index in [-0.39, 0.29) is 0 Å². The van der Waals surface area contributed by atoms with E-state index in [1.54, 1.807) is 0 Å². The molecule has 19 heavy (non-hydrogen) atoms. The van der Waals surface area contributed by atoms with E-state index in [2.05, 4.69) is 58.7 Å². The molecule has 3 atom stereocenters. The average molecular weight is 342 g/mol. The number of halogens is 1. The fourth-order valence-electron chi connectivity index (χ4n) is 2.94. The molecule has 3 unspecified atom stereocenters. The zero-order valence-corrected chi connectivity index (χ0v) is 14.3. The molecule has 1 aromatic rings. The third-order valence-corrected chi connectivity index (χ3v) is 5.70. The lowest BCUT2D eigenvalue weighted by molar-refractivity contribution is 0.340. The van der Waals surface area contributed by atoms with Crippen LogP contribution in [0.3, 0.4) is 0 Å². The summed E-state index contributed by atoms with van der Waals surface area (Å²) in [5.74, 6) is 0. The van der Waals surface area contributed by atoms with Gasteiger partial charge in [0.1, 0.15) is 0 Å². The van der Waals surface area contributed by atoms with E-state index in [0.717, 1.165) is 16.1 Å². The molecular weight excluding hydrogens is 318 g/mol. The Bertz CT molecular complexity index is 379. The van der Waals surface area contributed by atoms with Crippen molar-refractivity contribution in [2.24, 2.45) is 0 Å². The van der Waals surface area contributed by atoms with Crippen molar-refractivity contribution in [1.29, 1.82) is 0 Å². The standard InChI is InChI=1S/C16H24BrNS/c1-3-16(12-7-9-13(17)10-8-12)18-14-5-4-6-15(11-14)19-2/h7-10,14-16,18H,3-6,11H2,1-2H3. The van der Waals surface area contributed by atoms with Crippen LogP contribution < -0.4 is 5.32 Å². The van der Waals surface area contributed by atoms with E-state index in [1.807, 2.05) is 11.8 Å². The summed E-state index contributed by atoms with van der Waals surface area (Å²) in [4.78, 5) is 0. The van der Waals surface area contributed by atoms with Gasteiger partial charge in [0.15, 0.2) is 0 Å². The van der Waals surface area contributed by atoms with Gasteiger partial charge in [0.05, 0.1) is 0 Å². The van der Waals surface area contributed by atoms with Gasteiger partial charge in [-0.3, -0.25) is 0 Å². The molecule has 0 saturated heterocycles. The van der Waals surface area contributed by atoms with Crippen molar-refractivity contribution in [3.63, 3.8) is 0 Å². The largest absolute Gasteiger partial charge is 0.307 e. The van der Waals surface area contributed by atoms with Gasteiger partial charge in [0.2, 0.25) is 0 Å². The maximum atomic E-state index is 3.88. The maximum absolute atomic E-state index is 3.88. The molecule has 0 bridgehead atoms. The highest BCUT2D eigenvalue weighted by Gasteiger charge is 2.23. The first-order chi connectivity index (χ1) is 9.22. The van der Waals surface area contributed by atoms with Crippen LogP contribution in [0, 0.1) is 0 Å². The Morgan fingerprint density at radius 3 is 2.68 bits per heavy atom. The van der Waals surface area contributed by atoms with Gasteiger partial charge in [-0.15, -0.1) is 0 Å². The van der Waals surface area contributed by atoms with Gasteiger partial charge in [-0.2, -0.15) is 11.8 Å². The van der Waals surface area contributed by atoms with E-state index < -0.39 is 0 Å². The predicted octanol–water partition coefficient (Wildman–Crippen LogP) is 5.16. The monoisotopic (exact) mass is 341 g/mol. The topological polar surface area (TPSA) is 12.0 Å². The van der Waals surface area contributed by atoms with Crippen molar-refractivity contribution < 1.29 is 0 Å². The quantitative estimate of drug-likeness (QED) is 0.793. The van der Waals surface area contributed by atoms with Crippen LogP contribution in [0.25, 0.3) is 0 Å². The van der Waals surface area contributed by atoms with E-state index in [1.165, 1.54) is 31.2 Å². The Hall–Kier alpha value is 0.01000. The fraction of sp³-hybridized carbons (Fsp3) is 0.625. The lowest BCUT2D eigenvalue weighted by atomic mass is 9.93. The molecule has 3 heteroatoms. The van der Waals surface area contributed by atoms with Crippen LogP contribution in [-0.2, 0) is 0 Å². The minimum absolute atomic E-state index is 0.499. The normalized spacial score (nSPS) is 25.2. The fourth-order valence-corrected chi connectivity index (χ4v) is 4.03. The van der Waals surface area contributed by atoms with Crippen molar-refractivity contribution in [3.8, 4) is 0 Å². The predicted molar refractivity (Wildman–Crippen MR) is 89.9 cm³/mol. The average Bonchev–Trinajstić information content (AvgIpc) is 2.46. The van der Waals surface area contributed by atoms with Crippen molar-refractivity contribution in [2.45, 2.75) is 56.4 Å². The second-order valence-corrected chi connectivity index (χ2v) is 7.45. The van der Waals surface area contributed by atoms with Crippen LogP contribution in [0.5, 0.6) is 0 Å². The third kappa shape index (κ3) is 4.51. The molecule has 0 heterocycles. The van der Waals surface area contributed by atoms with Crippen molar-refractivity contribution >= 4 is 27.7 Å². The Morgan fingerprint density at radius 2 is 2.05 bits per heavy atom. The molecule has 0 aliphatic heterocycles. The molecule has 0 aromatic heterocycles. The summed E-state index contributed by atoms with van der Waals surface area (Å²) in [6.45, 7) is 2.27. The van der Waals surface area contributed by atoms with Crippen LogP contribution in [-0.4, -0.2) is 17.5 Å². The Balaban J connectivity index is 1.96. The van der Waals surface area contributed by atoms with Gasteiger partial charge in [0.25, 0.3) is 0 Å². The van der Waals surface area contributed by atoms with Crippen LogP contribution in [0.2, 0.25) is 0 Å². The van der Waals surface area contributed by atoms with E-state index in [0.29, 0.717) is 12.1 Å². The van der Waals surface area contributed by atoms with E-state index >= 15 is 0 Å². The van der Waals surface area contributed by atoms with Crippen molar-refractivity contribution in [1.82, 2.24) is 5.32 Å². The summed E-state index contributed by atoms with van der Waals surface area (Å²) in [7, 11) is 0. The van der Waals surface area contributed by atoms with Gasteiger partial charge >= 0.3 is 0 Å². The van der Waals surface area contributed by atoms with Gasteiger partial charge in [-0.1, -0.05) is 41.4 Å². The number of rotatable bonds is 5. The highest BCUT2D eigenvalue weighted by atomic mass is 79.9. The molecule has 0 radical (unpaired) electrons. The maximum Gasteiger partial charge on any atom is 0.0320 e. The van der Waals surface area contributed by atoms with Crippen LogP contribution in [0.1, 0.15) is 50.6 Å². The van der Waals surface area contributed by atoms with Crippen molar-refractivity contribution in [2.75, 3.05) is 6.26 Å². The van der Waals surface area contributed by atoms with Gasteiger partial charge < -0.3 is 5.32 Å². The molecule has 1 fully saturated rings. The van der Waals surface area contributed by atoms with E-state index in [4.69, 9.17) is 0 Å². The highest BCUT2D eigenvalue weighted by molar-refractivity contribution is 9.10. The van der Waals surface area contributed by atoms with Gasteiger partial charge in [0, 0.05) is 21.8 Å². The summed E-state index contributed by atoms with van der Waals surface area (Å²) in [6.07, 6.45) is 8.84. The molecule has 1 N–H and O–H groups in total. The zero-order valence-electron chi connectivity index (χ0n) is 11.9. The molecule has 0 spiro atoms. The van der Waals surface area contributed by atoms with Crippen LogP contribution in [0.15, 0.2) is 28.7 Å². The van der Waals surface area contributed by atoms with Gasteiger partial charge in [-0.25, -0.2) is 0 Å². The Labute approximate surface area is 130 Å². The molecule has 1 nitrogen and oxygen atoms in total. The second-order valence-electron chi connectivity index (χ2n) is 5.40. The zero-order chi connectivity index (χ0) is 13.7. The first-order valence-electron chi connectivity index (χ1n) is 7.27. The smallest absolute Gasteiger partial charge is 0.0320 e. The molecule has 1 aromatic carbocycles. The summed E-state index contributed by atoms with van der Waals surface area (Å²) in [6, 6.07) is 9.95. The van der Waals surface area contributed by atoms with Crippen LogP contribution >= 0.6 is 27.7 Å². The molecule has 1 aliphatic carbocycles. The molecule has 0 amide bonds. The molecule has 1 aliphatic rings. The minimum Gasteiger partial charge on any atom is -0.307 e. The van der Waals surface area contributed by atoms with Gasteiger partial charge in [-0.05, 0) is 49.6 Å². The summed E-state index contributed by atoms with van der Waals surface area (Å²) >= 11 is 5.54. The Morgan fingerprint density at radius 1 is 1.32 bits per heavy atom. The molecule has 2 rings (SSSR count). The number of thioether (sulfide) groups is 1. The Kier molecular flexibility index (Phi) is 6.24. The third-order valence-electron chi connectivity index (χ3n) is 4.08. The first kappa shape index (κ1) is 15.4. The van der Waals surface area contributed by atoms with Crippen molar-refractivity contribution in [3.05, 3.63) is 34.3 Å². The second kappa shape index (κ2) is 7.70. The minimum atomic E-state index is 0.499. The number of hydrogen-bond acceptors (Lipinski definition) is 2. The number of hydrogen-bond donors (Lipinski definition) is 1. The number of benzene rings is 1.